The lowest BCUT2D eigenvalue weighted by molar-refractivity contribution is -0.129. The number of fused-ring (bicyclic) bond motifs is 1. The number of amides is 1. The molecule has 5 heteroatoms. The molecular weight excluding hydrogens is 294 g/mol. The van der Waals surface area contributed by atoms with Crippen molar-refractivity contribution in [1.29, 1.82) is 0 Å². The molecule has 4 nitrogen and oxygen atoms in total. The van der Waals surface area contributed by atoms with E-state index in [-0.39, 0.29) is 5.91 Å². The number of nitrogens with zero attached hydrogens (tertiary/aromatic N) is 2. The fourth-order valence-corrected chi connectivity index (χ4v) is 3.86. The van der Waals surface area contributed by atoms with Crippen LogP contribution in [0.25, 0.3) is 10.1 Å². The smallest absolute Gasteiger partial charge is 0.232 e. The topological polar surface area (TPSA) is 58.7 Å². The molecule has 1 aromatic heterocycles. The third kappa shape index (κ3) is 2.29. The van der Waals surface area contributed by atoms with Crippen molar-refractivity contribution in [2.75, 3.05) is 6.54 Å². The number of carbonyl (C=O) groups is 1. The molecule has 0 saturated heterocycles. The molecule has 2 heterocycles. The summed E-state index contributed by atoms with van der Waals surface area (Å²) in [6, 6.07) is 8.41. The zero-order valence-electron chi connectivity index (χ0n) is 12.6. The standard InChI is InChI=1S/C17H19N3OS/c1-17(13-4-5-14-12(8-13)6-7-22-14)9-15(21)20(16(18)19-17)10-11-2-3-11/h4-8,11H,2-3,9-10H2,1H3,(H2,18,19)/t17-/m0/s1. The molecule has 1 aliphatic heterocycles. The van der Waals surface area contributed by atoms with Crippen LogP contribution in [-0.2, 0) is 10.3 Å². The number of guanidine groups is 1. The molecule has 1 saturated carbocycles. The van der Waals surface area contributed by atoms with Gasteiger partial charge in [0.1, 0.15) is 0 Å². The second kappa shape index (κ2) is 4.81. The molecule has 2 aliphatic rings. The molecule has 2 aromatic rings. The third-order valence-corrected chi connectivity index (χ3v) is 5.54. The van der Waals surface area contributed by atoms with Gasteiger partial charge in [0.25, 0.3) is 0 Å². The third-order valence-electron chi connectivity index (χ3n) is 4.65. The van der Waals surface area contributed by atoms with Crippen LogP contribution in [0.4, 0.5) is 0 Å². The minimum absolute atomic E-state index is 0.0901. The molecule has 1 fully saturated rings. The van der Waals surface area contributed by atoms with Crippen LogP contribution in [-0.4, -0.2) is 23.3 Å². The molecule has 2 N–H and O–H groups in total. The van der Waals surface area contributed by atoms with Crippen LogP contribution in [0, 0.1) is 5.92 Å². The van der Waals surface area contributed by atoms with Gasteiger partial charge in [-0.15, -0.1) is 11.3 Å². The predicted octanol–water partition coefficient (Wildman–Crippen LogP) is 3.07. The number of nitrogens with two attached hydrogens (primary N) is 1. The first-order valence-corrected chi connectivity index (χ1v) is 8.56. The van der Waals surface area contributed by atoms with Crippen molar-refractivity contribution in [3.05, 3.63) is 35.2 Å². The number of benzene rings is 1. The van der Waals surface area contributed by atoms with E-state index in [0.29, 0.717) is 18.3 Å². The monoisotopic (exact) mass is 313 g/mol. The van der Waals surface area contributed by atoms with Crippen molar-refractivity contribution in [3.8, 4) is 0 Å². The molecule has 0 unspecified atom stereocenters. The first-order chi connectivity index (χ1) is 10.5. The maximum atomic E-state index is 12.5. The largest absolute Gasteiger partial charge is 0.369 e. The summed E-state index contributed by atoms with van der Waals surface area (Å²) in [6.07, 6.45) is 2.78. The van der Waals surface area contributed by atoms with Crippen molar-refractivity contribution in [2.24, 2.45) is 16.6 Å². The van der Waals surface area contributed by atoms with Crippen molar-refractivity contribution in [3.63, 3.8) is 0 Å². The van der Waals surface area contributed by atoms with Gasteiger partial charge in [-0.05, 0) is 60.2 Å². The minimum atomic E-state index is -0.558. The number of carbonyl (C=O) groups excluding carboxylic acids is 1. The highest BCUT2D eigenvalue weighted by Gasteiger charge is 2.39. The number of aliphatic imine (C=N–C) groups is 1. The highest BCUT2D eigenvalue weighted by molar-refractivity contribution is 7.17. The van der Waals surface area contributed by atoms with Gasteiger partial charge in [0.15, 0.2) is 5.96 Å². The SMILES string of the molecule is C[C@@]1(c2ccc3sccc3c2)CC(=O)N(CC2CC2)C(N)=N1. The number of hydrogen-bond acceptors (Lipinski definition) is 4. The van der Waals surface area contributed by atoms with Crippen molar-refractivity contribution >= 4 is 33.3 Å². The normalized spacial score (nSPS) is 25.6. The van der Waals surface area contributed by atoms with Crippen LogP contribution in [0.3, 0.4) is 0 Å². The average Bonchev–Trinajstić information content (AvgIpc) is 3.17. The summed E-state index contributed by atoms with van der Waals surface area (Å²) in [5.74, 6) is 1.08. The molecule has 0 spiro atoms. The van der Waals surface area contributed by atoms with E-state index >= 15 is 0 Å². The highest BCUT2D eigenvalue weighted by Crippen LogP contribution is 2.37. The fraction of sp³-hybridized carbons (Fsp3) is 0.412. The molecule has 114 valence electrons. The second-order valence-electron chi connectivity index (χ2n) is 6.54. The Kier molecular flexibility index (Phi) is 3.01. The molecule has 1 amide bonds. The van der Waals surface area contributed by atoms with Gasteiger partial charge in [0, 0.05) is 11.2 Å². The lowest BCUT2D eigenvalue weighted by atomic mass is 9.87. The van der Waals surface area contributed by atoms with Crippen LogP contribution >= 0.6 is 11.3 Å². The van der Waals surface area contributed by atoms with Crippen LogP contribution in [0.1, 0.15) is 31.7 Å². The van der Waals surface area contributed by atoms with E-state index in [1.807, 2.05) is 6.92 Å². The van der Waals surface area contributed by atoms with Gasteiger partial charge in [-0.25, -0.2) is 4.99 Å². The van der Waals surface area contributed by atoms with E-state index in [4.69, 9.17) is 10.7 Å². The van der Waals surface area contributed by atoms with Gasteiger partial charge in [0.05, 0.1) is 12.0 Å². The van der Waals surface area contributed by atoms with E-state index in [1.54, 1.807) is 16.2 Å². The first-order valence-electron chi connectivity index (χ1n) is 7.69. The average molecular weight is 313 g/mol. The lowest BCUT2D eigenvalue weighted by Gasteiger charge is -2.35. The quantitative estimate of drug-likeness (QED) is 0.946. The molecule has 22 heavy (non-hydrogen) atoms. The lowest BCUT2D eigenvalue weighted by Crippen LogP contribution is -2.50. The number of hydrogen-bond donors (Lipinski definition) is 1. The van der Waals surface area contributed by atoms with Crippen LogP contribution in [0.5, 0.6) is 0 Å². The zero-order valence-corrected chi connectivity index (χ0v) is 13.4. The van der Waals surface area contributed by atoms with Gasteiger partial charge in [0.2, 0.25) is 5.91 Å². The van der Waals surface area contributed by atoms with Gasteiger partial charge in [-0.2, -0.15) is 0 Å². The summed E-state index contributed by atoms with van der Waals surface area (Å²) in [5.41, 5.74) is 6.61. The Bertz CT molecular complexity index is 777. The molecule has 1 aliphatic carbocycles. The summed E-state index contributed by atoms with van der Waals surface area (Å²) in [4.78, 5) is 18.9. The van der Waals surface area contributed by atoms with Crippen molar-refractivity contribution in [1.82, 2.24) is 4.90 Å². The Morgan fingerprint density at radius 1 is 1.41 bits per heavy atom. The van der Waals surface area contributed by atoms with Gasteiger partial charge in [-0.1, -0.05) is 6.07 Å². The van der Waals surface area contributed by atoms with E-state index < -0.39 is 5.54 Å². The molecule has 1 aromatic carbocycles. The fourth-order valence-electron chi connectivity index (χ4n) is 3.09. The Morgan fingerprint density at radius 3 is 2.95 bits per heavy atom. The van der Waals surface area contributed by atoms with Crippen LogP contribution in [0.2, 0.25) is 0 Å². The van der Waals surface area contributed by atoms with Gasteiger partial charge in [-0.3, -0.25) is 9.69 Å². The summed E-state index contributed by atoms with van der Waals surface area (Å²) in [6.45, 7) is 2.73. The first kappa shape index (κ1) is 13.8. The highest BCUT2D eigenvalue weighted by atomic mass is 32.1. The molecule has 4 rings (SSSR count). The van der Waals surface area contributed by atoms with Gasteiger partial charge >= 0.3 is 0 Å². The maximum Gasteiger partial charge on any atom is 0.232 e. The Hall–Kier alpha value is -1.88. The van der Waals surface area contributed by atoms with E-state index in [1.165, 1.54) is 22.9 Å². The zero-order chi connectivity index (χ0) is 15.3. The maximum absolute atomic E-state index is 12.5. The second-order valence-corrected chi connectivity index (χ2v) is 7.49. The molecule has 1 atom stereocenters. The number of thiophene rings is 1. The van der Waals surface area contributed by atoms with Crippen LogP contribution < -0.4 is 5.73 Å². The minimum Gasteiger partial charge on any atom is -0.369 e. The Labute approximate surface area is 133 Å². The predicted molar refractivity (Wildman–Crippen MR) is 89.9 cm³/mol. The van der Waals surface area contributed by atoms with E-state index in [0.717, 1.165) is 12.1 Å². The molecular formula is C17H19N3OS. The van der Waals surface area contributed by atoms with E-state index in [2.05, 4.69) is 29.6 Å². The Balaban J connectivity index is 1.70. The summed E-state index contributed by atoms with van der Waals surface area (Å²) >= 11 is 1.72. The van der Waals surface area contributed by atoms with Gasteiger partial charge < -0.3 is 5.73 Å². The summed E-state index contributed by atoms with van der Waals surface area (Å²) < 4.78 is 1.25. The summed E-state index contributed by atoms with van der Waals surface area (Å²) in [5, 5.41) is 3.28. The summed E-state index contributed by atoms with van der Waals surface area (Å²) in [7, 11) is 0. The van der Waals surface area contributed by atoms with Crippen molar-refractivity contribution in [2.45, 2.75) is 31.7 Å². The Morgan fingerprint density at radius 2 is 2.23 bits per heavy atom. The number of rotatable bonds is 3. The molecule has 0 bridgehead atoms. The molecule has 0 radical (unpaired) electrons. The van der Waals surface area contributed by atoms with E-state index in [9.17, 15) is 4.79 Å². The van der Waals surface area contributed by atoms with Crippen LogP contribution in [0.15, 0.2) is 34.6 Å². The van der Waals surface area contributed by atoms with Crippen molar-refractivity contribution < 1.29 is 4.79 Å².